The molecule has 0 aliphatic carbocycles. The average Bonchev–Trinajstić information content (AvgIpc) is 3.25. The number of hydrogen-bond donors (Lipinski definition) is 0. The van der Waals surface area contributed by atoms with Gasteiger partial charge in [0.2, 0.25) is 0 Å². The second-order valence-corrected chi connectivity index (χ2v) is 5.62. The smallest absolute Gasteiger partial charge is 0.255 e. The molecule has 0 unspecified atom stereocenters. The van der Waals surface area contributed by atoms with Gasteiger partial charge in [-0.1, -0.05) is 0 Å². The molecular formula is C15H16N6O. The van der Waals surface area contributed by atoms with E-state index in [2.05, 4.69) is 15.3 Å². The van der Waals surface area contributed by atoms with Crippen LogP contribution >= 0.6 is 0 Å². The lowest BCUT2D eigenvalue weighted by Crippen LogP contribution is -2.30. The van der Waals surface area contributed by atoms with Gasteiger partial charge in [-0.2, -0.15) is 5.10 Å². The van der Waals surface area contributed by atoms with Crippen LogP contribution in [0.1, 0.15) is 34.8 Å². The Bertz CT molecular complexity index is 835. The molecule has 0 saturated carbocycles. The Hall–Kier alpha value is -2.70. The van der Waals surface area contributed by atoms with Crippen LogP contribution in [0.3, 0.4) is 0 Å². The molecule has 4 rings (SSSR count). The Morgan fingerprint density at radius 1 is 1.32 bits per heavy atom. The molecule has 0 bridgehead atoms. The molecule has 0 radical (unpaired) electrons. The van der Waals surface area contributed by atoms with E-state index in [4.69, 9.17) is 0 Å². The number of hydrogen-bond acceptors (Lipinski definition) is 4. The van der Waals surface area contributed by atoms with Gasteiger partial charge in [0, 0.05) is 31.5 Å². The third kappa shape index (κ3) is 2.05. The number of fused-ring (bicyclic) bond motifs is 1. The van der Waals surface area contributed by atoms with Gasteiger partial charge in [-0.3, -0.25) is 13.9 Å². The molecule has 1 amide bonds. The van der Waals surface area contributed by atoms with Gasteiger partial charge in [-0.25, -0.2) is 0 Å². The number of aryl methyl sites for hydroxylation is 1. The van der Waals surface area contributed by atoms with E-state index >= 15 is 0 Å². The normalized spacial score (nSPS) is 18.2. The lowest BCUT2D eigenvalue weighted by molar-refractivity contribution is 0.0735. The van der Waals surface area contributed by atoms with Crippen LogP contribution in [0.25, 0.3) is 5.65 Å². The van der Waals surface area contributed by atoms with E-state index in [1.165, 1.54) is 0 Å². The standard InChI is InChI=1S/C15H16N6O/c1-19-8-12(7-17-19)13-3-2-6-21(13)15(22)11-4-5-14-18-16-10-20(14)9-11/h4-5,7-10,13H,2-3,6H2,1H3/t13-/m0/s1. The van der Waals surface area contributed by atoms with Gasteiger partial charge in [0.1, 0.15) is 6.33 Å². The number of pyridine rings is 1. The summed E-state index contributed by atoms with van der Waals surface area (Å²) in [5, 5.41) is 12.0. The molecule has 112 valence electrons. The van der Waals surface area contributed by atoms with Crippen LogP contribution in [0.4, 0.5) is 0 Å². The first-order valence-electron chi connectivity index (χ1n) is 7.31. The Morgan fingerprint density at radius 3 is 3.05 bits per heavy atom. The summed E-state index contributed by atoms with van der Waals surface area (Å²) in [6.07, 6.45) is 9.22. The number of carbonyl (C=O) groups is 1. The van der Waals surface area contributed by atoms with E-state index in [1.807, 2.05) is 36.5 Å². The third-order valence-electron chi connectivity index (χ3n) is 4.16. The average molecular weight is 296 g/mol. The van der Waals surface area contributed by atoms with Crippen LogP contribution in [0.5, 0.6) is 0 Å². The summed E-state index contributed by atoms with van der Waals surface area (Å²) in [4.78, 5) is 14.8. The first-order valence-corrected chi connectivity index (χ1v) is 7.31. The van der Waals surface area contributed by atoms with Crippen molar-refractivity contribution in [1.29, 1.82) is 0 Å². The predicted octanol–water partition coefficient (Wildman–Crippen LogP) is 1.44. The van der Waals surface area contributed by atoms with Crippen molar-refractivity contribution < 1.29 is 4.79 Å². The zero-order valence-electron chi connectivity index (χ0n) is 12.3. The number of rotatable bonds is 2. The topological polar surface area (TPSA) is 68.3 Å². The van der Waals surface area contributed by atoms with Crippen molar-refractivity contribution in [2.24, 2.45) is 7.05 Å². The minimum Gasteiger partial charge on any atom is -0.331 e. The maximum Gasteiger partial charge on any atom is 0.255 e. The van der Waals surface area contributed by atoms with Crippen molar-refractivity contribution in [3.63, 3.8) is 0 Å². The molecule has 7 heteroatoms. The van der Waals surface area contributed by atoms with E-state index in [-0.39, 0.29) is 11.9 Å². The number of amides is 1. The molecule has 4 heterocycles. The summed E-state index contributed by atoms with van der Waals surface area (Å²) < 4.78 is 3.54. The monoisotopic (exact) mass is 296 g/mol. The van der Waals surface area contributed by atoms with Crippen LogP contribution in [0, 0.1) is 0 Å². The van der Waals surface area contributed by atoms with Crippen LogP contribution in [-0.4, -0.2) is 41.7 Å². The number of carbonyl (C=O) groups excluding carboxylic acids is 1. The number of aromatic nitrogens is 5. The zero-order valence-corrected chi connectivity index (χ0v) is 12.3. The third-order valence-corrected chi connectivity index (χ3v) is 4.16. The molecule has 0 aromatic carbocycles. The van der Waals surface area contributed by atoms with Gasteiger partial charge in [0.15, 0.2) is 5.65 Å². The molecule has 0 N–H and O–H groups in total. The highest BCUT2D eigenvalue weighted by molar-refractivity contribution is 5.94. The van der Waals surface area contributed by atoms with E-state index in [9.17, 15) is 4.79 Å². The Morgan fingerprint density at radius 2 is 2.23 bits per heavy atom. The maximum atomic E-state index is 12.8. The van der Waals surface area contributed by atoms with Gasteiger partial charge >= 0.3 is 0 Å². The molecule has 7 nitrogen and oxygen atoms in total. The fraction of sp³-hybridized carbons (Fsp3) is 0.333. The van der Waals surface area contributed by atoms with Crippen LogP contribution in [0.15, 0.2) is 37.1 Å². The van der Waals surface area contributed by atoms with Gasteiger partial charge in [-0.05, 0) is 25.0 Å². The number of likely N-dealkylation sites (tertiary alicyclic amines) is 1. The highest BCUT2D eigenvalue weighted by Gasteiger charge is 2.31. The Balaban J connectivity index is 1.65. The Labute approximate surface area is 127 Å². The molecule has 22 heavy (non-hydrogen) atoms. The van der Waals surface area contributed by atoms with E-state index in [1.54, 1.807) is 21.6 Å². The van der Waals surface area contributed by atoms with Crippen molar-refractivity contribution in [2.75, 3.05) is 6.54 Å². The summed E-state index contributed by atoms with van der Waals surface area (Å²) in [6.45, 7) is 0.776. The molecule has 1 fully saturated rings. The Kier molecular flexibility index (Phi) is 2.92. The molecule has 0 spiro atoms. The second kappa shape index (κ2) is 4.94. The van der Waals surface area contributed by atoms with Crippen molar-refractivity contribution in [1.82, 2.24) is 29.3 Å². The summed E-state index contributed by atoms with van der Waals surface area (Å²) in [5.74, 6) is 0.0435. The summed E-state index contributed by atoms with van der Waals surface area (Å²) >= 11 is 0. The quantitative estimate of drug-likeness (QED) is 0.717. The molecule has 1 aliphatic heterocycles. The summed E-state index contributed by atoms with van der Waals surface area (Å²) in [5.41, 5.74) is 2.49. The van der Waals surface area contributed by atoms with Crippen molar-refractivity contribution >= 4 is 11.6 Å². The highest BCUT2D eigenvalue weighted by Crippen LogP contribution is 2.32. The molecule has 1 aliphatic rings. The minimum atomic E-state index is 0.0435. The first-order chi connectivity index (χ1) is 10.7. The lowest BCUT2D eigenvalue weighted by atomic mass is 10.1. The van der Waals surface area contributed by atoms with Crippen LogP contribution in [-0.2, 0) is 7.05 Å². The van der Waals surface area contributed by atoms with Crippen molar-refractivity contribution in [3.8, 4) is 0 Å². The van der Waals surface area contributed by atoms with Gasteiger partial charge in [-0.15, -0.1) is 10.2 Å². The summed E-state index contributed by atoms with van der Waals surface area (Å²) in [6, 6.07) is 3.73. The SMILES string of the molecule is Cn1cc([C@@H]2CCCN2C(=O)c2ccc3nncn3c2)cn1. The maximum absolute atomic E-state index is 12.8. The van der Waals surface area contributed by atoms with Gasteiger partial charge < -0.3 is 4.90 Å². The second-order valence-electron chi connectivity index (χ2n) is 5.62. The summed E-state index contributed by atoms with van der Waals surface area (Å²) in [7, 11) is 1.89. The predicted molar refractivity (Wildman–Crippen MR) is 79.2 cm³/mol. The molecule has 3 aromatic rings. The van der Waals surface area contributed by atoms with Gasteiger partial charge in [0.05, 0.1) is 17.8 Å². The fourth-order valence-electron chi connectivity index (χ4n) is 3.09. The lowest BCUT2D eigenvalue weighted by Gasteiger charge is -2.24. The minimum absolute atomic E-state index is 0.0435. The van der Waals surface area contributed by atoms with Gasteiger partial charge in [0.25, 0.3) is 5.91 Å². The van der Waals surface area contributed by atoms with Crippen molar-refractivity contribution in [3.05, 3.63) is 48.2 Å². The van der Waals surface area contributed by atoms with Crippen LogP contribution in [0.2, 0.25) is 0 Å². The van der Waals surface area contributed by atoms with E-state index < -0.39 is 0 Å². The molecule has 1 saturated heterocycles. The van der Waals surface area contributed by atoms with E-state index in [0.29, 0.717) is 5.56 Å². The zero-order chi connectivity index (χ0) is 15.1. The van der Waals surface area contributed by atoms with E-state index in [0.717, 1.165) is 30.6 Å². The first kappa shape index (κ1) is 13.0. The number of nitrogens with zero attached hydrogens (tertiary/aromatic N) is 6. The largest absolute Gasteiger partial charge is 0.331 e. The molecule has 1 atom stereocenters. The van der Waals surface area contributed by atoms with Crippen LogP contribution < -0.4 is 0 Å². The highest BCUT2D eigenvalue weighted by atomic mass is 16.2. The molecular weight excluding hydrogens is 280 g/mol. The molecule has 3 aromatic heterocycles. The fourth-order valence-corrected chi connectivity index (χ4v) is 3.09. The van der Waals surface area contributed by atoms with Crippen molar-refractivity contribution in [2.45, 2.75) is 18.9 Å².